The highest BCUT2D eigenvalue weighted by Gasteiger charge is 2.25. The Labute approximate surface area is 183 Å². The summed E-state index contributed by atoms with van der Waals surface area (Å²) in [4.78, 5) is 26.9. The number of nitrogens with one attached hydrogen (secondary N) is 1. The largest absolute Gasteiger partial charge is 0.497 e. The van der Waals surface area contributed by atoms with Gasteiger partial charge in [-0.2, -0.15) is 0 Å². The minimum absolute atomic E-state index is 0.101. The number of benzene rings is 2. The second-order valence-electron chi connectivity index (χ2n) is 6.85. The first kappa shape index (κ1) is 23.5. The number of hydrogen-bond donors (Lipinski definition) is 1. The lowest BCUT2D eigenvalue weighted by Crippen LogP contribution is -2.47. The summed E-state index contributed by atoms with van der Waals surface area (Å²) in [6.45, 7) is 4.84. The zero-order chi connectivity index (χ0) is 21.9. The van der Waals surface area contributed by atoms with Crippen LogP contribution in [-0.4, -0.2) is 43.0 Å². The van der Waals surface area contributed by atoms with Crippen LogP contribution >= 0.6 is 11.6 Å². The zero-order valence-corrected chi connectivity index (χ0v) is 18.4. The predicted octanol–water partition coefficient (Wildman–Crippen LogP) is 4.06. The maximum Gasteiger partial charge on any atom is 0.242 e. The number of ether oxygens (including phenoxy) is 2. The maximum atomic E-state index is 12.9. The minimum atomic E-state index is -0.583. The summed E-state index contributed by atoms with van der Waals surface area (Å²) in [5, 5.41) is 3.43. The van der Waals surface area contributed by atoms with Crippen LogP contribution in [0.1, 0.15) is 32.3 Å². The molecular weight excluding hydrogens is 404 g/mol. The Balaban J connectivity index is 1.99. The van der Waals surface area contributed by atoms with Crippen molar-refractivity contribution < 1.29 is 19.1 Å². The first-order chi connectivity index (χ1) is 14.4. The van der Waals surface area contributed by atoms with Gasteiger partial charge < -0.3 is 19.7 Å². The van der Waals surface area contributed by atoms with Crippen molar-refractivity contribution in [1.82, 2.24) is 10.2 Å². The van der Waals surface area contributed by atoms with Gasteiger partial charge in [-0.15, -0.1) is 0 Å². The van der Waals surface area contributed by atoms with Gasteiger partial charge in [0.1, 0.15) is 17.5 Å². The predicted molar refractivity (Wildman–Crippen MR) is 118 cm³/mol. The molecule has 0 spiro atoms. The van der Waals surface area contributed by atoms with Gasteiger partial charge in [-0.3, -0.25) is 9.59 Å². The van der Waals surface area contributed by atoms with Gasteiger partial charge in [0.25, 0.3) is 0 Å². The number of carbonyl (C=O) groups is 2. The van der Waals surface area contributed by atoms with Gasteiger partial charge in [0.2, 0.25) is 11.8 Å². The van der Waals surface area contributed by atoms with E-state index >= 15 is 0 Å². The molecule has 0 aliphatic rings. The number of rotatable bonds is 11. The minimum Gasteiger partial charge on any atom is -0.497 e. The number of carbonyl (C=O) groups excluding carboxylic acids is 2. The zero-order valence-electron chi connectivity index (χ0n) is 17.7. The first-order valence-electron chi connectivity index (χ1n) is 10.0. The quantitative estimate of drug-likeness (QED) is 0.544. The topological polar surface area (TPSA) is 67.9 Å². The molecule has 6 nitrogen and oxygen atoms in total. The van der Waals surface area contributed by atoms with Gasteiger partial charge in [0.15, 0.2) is 0 Å². The van der Waals surface area contributed by atoms with Gasteiger partial charge in [0.05, 0.1) is 13.7 Å². The van der Waals surface area contributed by atoms with Crippen molar-refractivity contribution in [2.45, 2.75) is 39.3 Å². The molecular formula is C23H29ClN2O4. The van der Waals surface area contributed by atoms with E-state index in [-0.39, 0.29) is 18.2 Å². The smallest absolute Gasteiger partial charge is 0.242 e. The van der Waals surface area contributed by atoms with Crippen LogP contribution < -0.4 is 14.8 Å². The molecule has 0 bridgehead atoms. The highest BCUT2D eigenvalue weighted by atomic mass is 35.5. The average molecular weight is 433 g/mol. The lowest BCUT2D eigenvalue weighted by molar-refractivity contribution is -0.140. The van der Waals surface area contributed by atoms with E-state index in [1.54, 1.807) is 43.2 Å². The van der Waals surface area contributed by atoms with Gasteiger partial charge in [-0.05, 0) is 62.2 Å². The first-order valence-corrected chi connectivity index (χ1v) is 10.4. The Hall–Kier alpha value is -2.73. The number of amides is 2. The van der Waals surface area contributed by atoms with Crippen LogP contribution in [0.5, 0.6) is 11.5 Å². The highest BCUT2D eigenvalue weighted by Crippen LogP contribution is 2.18. The van der Waals surface area contributed by atoms with Crippen LogP contribution in [0.15, 0.2) is 48.5 Å². The molecule has 7 heteroatoms. The number of methoxy groups -OCH3 is 1. The Morgan fingerprint density at radius 2 is 1.87 bits per heavy atom. The summed E-state index contributed by atoms with van der Waals surface area (Å²) in [5.41, 5.74) is 0.899. The molecule has 2 rings (SSSR count). The Morgan fingerprint density at radius 1 is 1.13 bits per heavy atom. The normalized spacial score (nSPS) is 11.5. The van der Waals surface area contributed by atoms with Crippen molar-refractivity contribution in [1.29, 1.82) is 0 Å². The van der Waals surface area contributed by atoms with Crippen LogP contribution in [0, 0.1) is 0 Å². The van der Waals surface area contributed by atoms with E-state index in [9.17, 15) is 9.59 Å². The molecule has 0 saturated carbocycles. The molecule has 0 unspecified atom stereocenters. The van der Waals surface area contributed by atoms with Crippen LogP contribution in [-0.2, 0) is 16.1 Å². The fourth-order valence-electron chi connectivity index (χ4n) is 2.96. The molecule has 0 aliphatic carbocycles. The molecule has 0 fully saturated rings. The molecule has 0 heterocycles. The number of hydrogen-bond acceptors (Lipinski definition) is 4. The van der Waals surface area contributed by atoms with Crippen LogP contribution in [0.25, 0.3) is 0 Å². The summed E-state index contributed by atoms with van der Waals surface area (Å²) < 4.78 is 10.9. The molecule has 0 radical (unpaired) electrons. The Morgan fingerprint density at radius 3 is 2.53 bits per heavy atom. The van der Waals surface area contributed by atoms with Crippen molar-refractivity contribution in [3.05, 3.63) is 59.1 Å². The molecule has 1 N–H and O–H groups in total. The summed E-state index contributed by atoms with van der Waals surface area (Å²) in [6.07, 6.45) is 0.819. The molecule has 2 aromatic carbocycles. The Kier molecular flexibility index (Phi) is 9.48. The fraction of sp³-hybridized carbons (Fsp3) is 0.391. The van der Waals surface area contributed by atoms with Gasteiger partial charge >= 0.3 is 0 Å². The van der Waals surface area contributed by atoms with E-state index in [2.05, 4.69) is 5.32 Å². The number of halogens is 1. The molecule has 2 aromatic rings. The van der Waals surface area contributed by atoms with Crippen molar-refractivity contribution in [2.24, 2.45) is 0 Å². The van der Waals surface area contributed by atoms with E-state index in [4.69, 9.17) is 21.1 Å². The summed E-state index contributed by atoms with van der Waals surface area (Å²) >= 11 is 5.87. The highest BCUT2D eigenvalue weighted by molar-refractivity contribution is 6.30. The molecule has 162 valence electrons. The third-order valence-corrected chi connectivity index (χ3v) is 4.87. The van der Waals surface area contributed by atoms with Gasteiger partial charge in [-0.1, -0.05) is 23.7 Å². The number of nitrogens with zero attached hydrogens (tertiary/aromatic N) is 1. The fourth-order valence-corrected chi connectivity index (χ4v) is 3.09. The summed E-state index contributed by atoms with van der Waals surface area (Å²) in [7, 11) is 1.60. The van der Waals surface area contributed by atoms with E-state index in [1.807, 2.05) is 31.2 Å². The summed E-state index contributed by atoms with van der Waals surface area (Å²) in [5.74, 6) is 1.14. The lowest BCUT2D eigenvalue weighted by atomic mass is 10.1. The molecule has 2 amide bonds. The second-order valence-corrected chi connectivity index (χ2v) is 7.29. The van der Waals surface area contributed by atoms with Crippen LogP contribution in [0.2, 0.25) is 5.02 Å². The second kappa shape index (κ2) is 12.1. The maximum absolute atomic E-state index is 12.9. The van der Waals surface area contributed by atoms with Gasteiger partial charge in [0, 0.05) is 24.5 Å². The Bertz CT molecular complexity index is 826. The third-order valence-electron chi connectivity index (χ3n) is 4.62. The van der Waals surface area contributed by atoms with Gasteiger partial charge in [-0.25, -0.2) is 0 Å². The third kappa shape index (κ3) is 7.26. The lowest BCUT2D eigenvalue weighted by Gasteiger charge is -2.29. The van der Waals surface area contributed by atoms with E-state index in [0.717, 1.165) is 5.56 Å². The molecule has 0 aromatic heterocycles. The van der Waals surface area contributed by atoms with Crippen molar-refractivity contribution in [3.63, 3.8) is 0 Å². The van der Waals surface area contributed by atoms with Crippen LogP contribution in [0.4, 0.5) is 0 Å². The molecule has 0 saturated heterocycles. The monoisotopic (exact) mass is 432 g/mol. The number of likely N-dealkylation sites (N-methyl/N-ethyl adjacent to an activating group) is 1. The van der Waals surface area contributed by atoms with E-state index < -0.39 is 6.04 Å². The SMILES string of the molecule is CCNC(=O)[C@H](C)N(Cc1cccc(OC)c1)C(=O)CCCOc1ccc(Cl)cc1. The van der Waals surface area contributed by atoms with Crippen LogP contribution in [0.3, 0.4) is 0 Å². The molecule has 1 atom stereocenters. The molecule has 0 aliphatic heterocycles. The average Bonchev–Trinajstić information content (AvgIpc) is 2.76. The molecule has 30 heavy (non-hydrogen) atoms. The summed E-state index contributed by atoms with van der Waals surface area (Å²) in [6, 6.07) is 14.0. The van der Waals surface area contributed by atoms with Crippen molar-refractivity contribution in [3.8, 4) is 11.5 Å². The van der Waals surface area contributed by atoms with E-state index in [0.29, 0.717) is 42.6 Å². The van der Waals surface area contributed by atoms with E-state index in [1.165, 1.54) is 0 Å². The van der Waals surface area contributed by atoms with Crippen molar-refractivity contribution >= 4 is 23.4 Å². The van der Waals surface area contributed by atoms with Crippen molar-refractivity contribution in [2.75, 3.05) is 20.3 Å². The standard InChI is InChI=1S/C23H29ClN2O4/c1-4-25-23(28)17(2)26(16-18-7-5-8-21(15-18)29-3)22(27)9-6-14-30-20-12-10-19(24)11-13-20/h5,7-8,10-13,15,17H,4,6,9,14,16H2,1-3H3,(H,25,28)/t17-/m0/s1.